The van der Waals surface area contributed by atoms with Crippen molar-refractivity contribution in [2.75, 3.05) is 13.2 Å². The van der Waals surface area contributed by atoms with Crippen molar-refractivity contribution < 1.29 is 50.3 Å². The molecular formula is C12H22O10. The van der Waals surface area contributed by atoms with Crippen LogP contribution >= 0.6 is 0 Å². The minimum atomic E-state index is -1.67. The molecule has 2 aliphatic heterocycles. The number of ether oxygens (including phenoxy) is 2. The molecule has 0 aromatic rings. The van der Waals surface area contributed by atoms with Gasteiger partial charge in [-0.2, -0.15) is 0 Å². The molecule has 10 heteroatoms. The van der Waals surface area contributed by atoms with Crippen molar-refractivity contribution in [2.45, 2.75) is 61.0 Å². The van der Waals surface area contributed by atoms with Gasteiger partial charge in [0.15, 0.2) is 0 Å². The molecular weight excluding hydrogens is 304 g/mol. The topological polar surface area (TPSA) is 180 Å². The Labute approximate surface area is 125 Å². The summed E-state index contributed by atoms with van der Waals surface area (Å²) in [6.07, 6.45) is -15.0. The van der Waals surface area contributed by atoms with Crippen molar-refractivity contribution in [3.05, 3.63) is 0 Å². The molecule has 2 saturated heterocycles. The van der Waals surface area contributed by atoms with Gasteiger partial charge in [-0.15, -0.1) is 0 Å². The van der Waals surface area contributed by atoms with Crippen LogP contribution in [0.25, 0.3) is 0 Å². The van der Waals surface area contributed by atoms with Gasteiger partial charge in [-0.25, -0.2) is 0 Å². The Balaban J connectivity index is 2.21. The van der Waals surface area contributed by atoms with Gasteiger partial charge in [0.05, 0.1) is 13.2 Å². The molecule has 0 aromatic heterocycles. The average Bonchev–Trinajstić information content (AvgIpc) is 2.52. The molecule has 0 spiro atoms. The quantitative estimate of drug-likeness (QED) is 0.249. The van der Waals surface area contributed by atoms with Crippen LogP contribution in [-0.4, -0.2) is 115 Å². The molecule has 1 unspecified atom stereocenters. The van der Waals surface area contributed by atoms with Crippen LogP contribution in [-0.2, 0) is 9.47 Å². The molecule has 2 rings (SSSR count). The fourth-order valence-electron chi connectivity index (χ4n) is 2.80. The third-order valence-electron chi connectivity index (χ3n) is 4.18. The second-order valence-electron chi connectivity index (χ2n) is 5.59. The summed E-state index contributed by atoms with van der Waals surface area (Å²) >= 11 is 0. The SMILES string of the molecule is OC[C@H]1OC([C@H]2O[C@H](CO)[C@@H](O)[C@H](O)[C@@H]2O)[C@H](O)[C@@H](O)[C@H]1O. The average molecular weight is 326 g/mol. The van der Waals surface area contributed by atoms with Crippen molar-refractivity contribution in [3.8, 4) is 0 Å². The maximum Gasteiger partial charge on any atom is 0.115 e. The molecule has 130 valence electrons. The lowest BCUT2D eigenvalue weighted by molar-refractivity contribution is -0.302. The summed E-state index contributed by atoms with van der Waals surface area (Å²) in [5, 5.41) is 77.1. The van der Waals surface area contributed by atoms with Crippen molar-refractivity contribution in [1.82, 2.24) is 0 Å². The summed E-state index contributed by atoms with van der Waals surface area (Å²) in [5.41, 5.74) is 0. The third kappa shape index (κ3) is 2.99. The molecule has 2 heterocycles. The molecule has 0 radical (unpaired) electrons. The first-order valence-electron chi connectivity index (χ1n) is 6.94. The molecule has 10 atom stereocenters. The van der Waals surface area contributed by atoms with Crippen molar-refractivity contribution in [3.63, 3.8) is 0 Å². The van der Waals surface area contributed by atoms with E-state index in [0.717, 1.165) is 0 Å². The minimum absolute atomic E-state index is 0.654. The van der Waals surface area contributed by atoms with Gasteiger partial charge in [-0.3, -0.25) is 0 Å². The van der Waals surface area contributed by atoms with Crippen LogP contribution in [0.3, 0.4) is 0 Å². The van der Waals surface area contributed by atoms with E-state index in [1.165, 1.54) is 0 Å². The molecule has 0 aromatic carbocycles. The van der Waals surface area contributed by atoms with Gasteiger partial charge in [0.25, 0.3) is 0 Å². The van der Waals surface area contributed by atoms with E-state index in [1.54, 1.807) is 0 Å². The molecule has 22 heavy (non-hydrogen) atoms. The Hall–Kier alpha value is -0.400. The lowest BCUT2D eigenvalue weighted by Crippen LogP contribution is -2.68. The van der Waals surface area contributed by atoms with Gasteiger partial charge in [-0.1, -0.05) is 0 Å². The highest BCUT2D eigenvalue weighted by molar-refractivity contribution is 5.02. The van der Waals surface area contributed by atoms with Crippen LogP contribution in [0.15, 0.2) is 0 Å². The Morgan fingerprint density at radius 1 is 0.500 bits per heavy atom. The largest absolute Gasteiger partial charge is 0.394 e. The number of aliphatic hydroxyl groups is 8. The summed E-state index contributed by atoms with van der Waals surface area (Å²) < 4.78 is 10.5. The van der Waals surface area contributed by atoms with Crippen LogP contribution < -0.4 is 0 Å². The Morgan fingerprint density at radius 2 is 0.818 bits per heavy atom. The van der Waals surface area contributed by atoms with E-state index in [0.29, 0.717) is 0 Å². The van der Waals surface area contributed by atoms with E-state index in [4.69, 9.17) is 19.7 Å². The fraction of sp³-hybridized carbons (Fsp3) is 1.00. The fourth-order valence-corrected chi connectivity index (χ4v) is 2.80. The summed E-state index contributed by atoms with van der Waals surface area (Å²) in [5.74, 6) is 0. The summed E-state index contributed by atoms with van der Waals surface area (Å²) in [6, 6.07) is 0. The van der Waals surface area contributed by atoms with Gasteiger partial charge in [0.2, 0.25) is 0 Å². The van der Waals surface area contributed by atoms with Crippen LogP contribution in [0.1, 0.15) is 0 Å². The highest BCUT2D eigenvalue weighted by Gasteiger charge is 2.53. The second-order valence-corrected chi connectivity index (χ2v) is 5.59. The van der Waals surface area contributed by atoms with Gasteiger partial charge >= 0.3 is 0 Å². The highest BCUT2D eigenvalue weighted by Crippen LogP contribution is 2.31. The zero-order valence-corrected chi connectivity index (χ0v) is 11.6. The van der Waals surface area contributed by atoms with E-state index < -0.39 is 74.3 Å². The summed E-state index contributed by atoms with van der Waals surface area (Å²) in [7, 11) is 0. The standard InChI is InChI=1S/C12H22O10/c13-1-3-5(15)7(17)9(19)11(21-3)12-10(20)8(18)6(16)4(2-14)22-12/h3-20H,1-2H2/t3-,4-,5-,6+,7+,8+,9+,10-,11+,12?/m1/s1. The van der Waals surface area contributed by atoms with E-state index in [2.05, 4.69) is 0 Å². The van der Waals surface area contributed by atoms with Gasteiger partial charge in [0, 0.05) is 0 Å². The zero-order chi connectivity index (χ0) is 16.6. The maximum absolute atomic E-state index is 9.99. The Kier molecular flexibility index (Phi) is 5.72. The van der Waals surface area contributed by atoms with E-state index in [1.807, 2.05) is 0 Å². The minimum Gasteiger partial charge on any atom is -0.394 e. The predicted molar refractivity (Wildman–Crippen MR) is 67.5 cm³/mol. The Morgan fingerprint density at radius 3 is 1.09 bits per heavy atom. The summed E-state index contributed by atoms with van der Waals surface area (Å²) in [6.45, 7) is -1.31. The van der Waals surface area contributed by atoms with Crippen molar-refractivity contribution in [1.29, 1.82) is 0 Å². The smallest absolute Gasteiger partial charge is 0.115 e. The lowest BCUT2D eigenvalue weighted by Gasteiger charge is -2.48. The molecule has 0 saturated carbocycles. The van der Waals surface area contributed by atoms with E-state index in [9.17, 15) is 30.6 Å². The number of rotatable bonds is 3. The van der Waals surface area contributed by atoms with Crippen LogP contribution in [0.2, 0.25) is 0 Å². The molecule has 0 bridgehead atoms. The molecule has 2 aliphatic rings. The molecule has 10 nitrogen and oxygen atoms in total. The Bertz CT molecular complexity index is 330. The second kappa shape index (κ2) is 7.01. The van der Waals surface area contributed by atoms with Crippen LogP contribution in [0, 0.1) is 0 Å². The number of aliphatic hydroxyl groups excluding tert-OH is 8. The van der Waals surface area contributed by atoms with E-state index in [-0.39, 0.29) is 0 Å². The zero-order valence-electron chi connectivity index (χ0n) is 11.6. The lowest BCUT2D eigenvalue weighted by atomic mass is 9.86. The third-order valence-corrected chi connectivity index (χ3v) is 4.18. The molecule has 2 fully saturated rings. The first-order chi connectivity index (χ1) is 10.3. The maximum atomic E-state index is 9.99. The van der Waals surface area contributed by atoms with Gasteiger partial charge in [-0.05, 0) is 0 Å². The van der Waals surface area contributed by atoms with E-state index >= 15 is 0 Å². The molecule has 0 aliphatic carbocycles. The monoisotopic (exact) mass is 326 g/mol. The van der Waals surface area contributed by atoms with Gasteiger partial charge in [0.1, 0.15) is 61.0 Å². The summed E-state index contributed by atoms with van der Waals surface area (Å²) in [4.78, 5) is 0. The molecule has 0 amide bonds. The van der Waals surface area contributed by atoms with Crippen molar-refractivity contribution >= 4 is 0 Å². The normalized spacial score (nSPS) is 53.5. The van der Waals surface area contributed by atoms with Crippen molar-refractivity contribution in [2.24, 2.45) is 0 Å². The molecule has 8 N–H and O–H groups in total. The number of hydrogen-bond donors (Lipinski definition) is 8. The first kappa shape index (κ1) is 17.9. The predicted octanol–water partition coefficient (Wildman–Crippen LogP) is -5.33. The first-order valence-corrected chi connectivity index (χ1v) is 6.94. The highest BCUT2D eigenvalue weighted by atomic mass is 16.6. The van der Waals surface area contributed by atoms with Crippen LogP contribution in [0.5, 0.6) is 0 Å². The van der Waals surface area contributed by atoms with Crippen LogP contribution in [0.4, 0.5) is 0 Å². The van der Waals surface area contributed by atoms with Gasteiger partial charge < -0.3 is 50.3 Å². The number of hydrogen-bond acceptors (Lipinski definition) is 10.